The maximum atomic E-state index is 13.1. The second-order valence-electron chi connectivity index (χ2n) is 8.58. The van der Waals surface area contributed by atoms with Crippen molar-refractivity contribution < 1.29 is 23.1 Å². The van der Waals surface area contributed by atoms with Crippen LogP contribution >= 0.6 is 0 Å². The van der Waals surface area contributed by atoms with Gasteiger partial charge in [0.05, 0.1) is 36.5 Å². The van der Waals surface area contributed by atoms with Crippen LogP contribution in [0.25, 0.3) is 0 Å². The summed E-state index contributed by atoms with van der Waals surface area (Å²) < 4.78 is 35.2. The number of hydrogen-bond donors (Lipinski definition) is 1. The number of rotatable bonds is 6. The first-order chi connectivity index (χ1) is 15.7. The van der Waals surface area contributed by atoms with Gasteiger partial charge < -0.3 is 14.7 Å². The number of benzene rings is 1. The number of ether oxygens (including phenoxy) is 1. The number of sulfonamides is 1. The summed E-state index contributed by atoms with van der Waals surface area (Å²) in [5.74, 6) is -0.265. The van der Waals surface area contributed by atoms with Gasteiger partial charge in [-0.25, -0.2) is 8.42 Å². The number of hydrogen-bond acceptors (Lipinski definition) is 7. The van der Waals surface area contributed by atoms with Gasteiger partial charge in [-0.2, -0.15) is 4.31 Å². The third-order valence-electron chi connectivity index (χ3n) is 5.93. The number of aliphatic hydroxyl groups excluding tert-OH is 1. The van der Waals surface area contributed by atoms with Crippen molar-refractivity contribution in [3.05, 3.63) is 42.2 Å². The monoisotopic (exact) mass is 479 g/mol. The van der Waals surface area contributed by atoms with Gasteiger partial charge in [0.25, 0.3) is 0 Å². The molecule has 1 aliphatic rings. The highest BCUT2D eigenvalue weighted by Crippen LogP contribution is 2.20. The third-order valence-corrected chi connectivity index (χ3v) is 7.77. The predicted molar refractivity (Wildman–Crippen MR) is 122 cm³/mol. The lowest BCUT2D eigenvalue weighted by atomic mass is 10.0. The van der Waals surface area contributed by atoms with Gasteiger partial charge in [-0.15, -0.1) is 5.10 Å². The highest BCUT2D eigenvalue weighted by atomic mass is 32.2. The zero-order valence-electron chi connectivity index (χ0n) is 19.4. The summed E-state index contributed by atoms with van der Waals surface area (Å²) >= 11 is 0. The van der Waals surface area contributed by atoms with E-state index in [4.69, 9.17) is 4.74 Å². The van der Waals surface area contributed by atoms with Crippen LogP contribution in [0.15, 0.2) is 41.4 Å². The van der Waals surface area contributed by atoms with Crippen LogP contribution in [0.4, 0.5) is 0 Å². The fourth-order valence-electron chi connectivity index (χ4n) is 3.82. The van der Waals surface area contributed by atoms with Gasteiger partial charge in [-0.05, 0) is 25.5 Å². The molecule has 0 spiro atoms. The number of aliphatic hydroxyl groups is 1. The van der Waals surface area contributed by atoms with Crippen molar-refractivity contribution >= 4 is 15.9 Å². The molecule has 10 nitrogen and oxygen atoms in total. The smallest absolute Gasteiger partial charge is 0.242 e. The number of nitrogens with zero attached hydrogens (tertiary/aromatic N) is 5. The summed E-state index contributed by atoms with van der Waals surface area (Å²) in [7, 11) is -2.18. The second-order valence-corrected chi connectivity index (χ2v) is 10.6. The molecule has 0 saturated heterocycles. The number of aromatic nitrogens is 3. The number of carbonyl (C=O) groups excluding carboxylic acids is 1. The van der Waals surface area contributed by atoms with Crippen LogP contribution in [0.3, 0.4) is 0 Å². The molecule has 0 unspecified atom stereocenters. The van der Waals surface area contributed by atoms with Gasteiger partial charge in [0.15, 0.2) is 0 Å². The van der Waals surface area contributed by atoms with Gasteiger partial charge in [0, 0.05) is 39.0 Å². The molecule has 33 heavy (non-hydrogen) atoms. The van der Waals surface area contributed by atoms with Crippen molar-refractivity contribution in [3.8, 4) is 0 Å². The molecule has 11 heteroatoms. The fourth-order valence-corrected chi connectivity index (χ4v) is 5.02. The molecular weight excluding hydrogens is 446 g/mol. The molecule has 1 aromatic carbocycles. The van der Waals surface area contributed by atoms with Crippen LogP contribution in [0.2, 0.25) is 0 Å². The Labute approximate surface area is 195 Å². The zero-order chi connectivity index (χ0) is 24.0. The molecule has 0 saturated carbocycles. The Bertz CT molecular complexity index is 1010. The van der Waals surface area contributed by atoms with Gasteiger partial charge in [-0.3, -0.25) is 9.48 Å². The van der Waals surface area contributed by atoms with E-state index in [0.717, 1.165) is 0 Å². The molecule has 1 aromatic heterocycles. The minimum absolute atomic E-state index is 0.0630. The van der Waals surface area contributed by atoms with Crippen LogP contribution < -0.4 is 0 Å². The van der Waals surface area contributed by atoms with E-state index in [-0.39, 0.29) is 42.5 Å². The van der Waals surface area contributed by atoms with Crippen molar-refractivity contribution in [2.45, 2.75) is 56.9 Å². The fraction of sp³-hybridized carbons (Fsp3) is 0.591. The summed E-state index contributed by atoms with van der Waals surface area (Å²) in [6.45, 7) is 4.74. The number of carbonyl (C=O) groups is 1. The molecule has 2 heterocycles. The largest absolute Gasteiger partial charge is 0.394 e. The third kappa shape index (κ3) is 6.38. The number of likely N-dealkylation sites (N-methyl/N-ethyl adjacent to an activating group) is 1. The van der Waals surface area contributed by atoms with Crippen LogP contribution in [0.5, 0.6) is 0 Å². The number of aryl methyl sites for hydroxylation is 1. The minimum atomic E-state index is -3.71. The Hall–Kier alpha value is -2.34. The molecule has 2 bridgehead atoms. The first-order valence-electron chi connectivity index (χ1n) is 11.1. The lowest BCUT2D eigenvalue weighted by Gasteiger charge is -2.35. The maximum absolute atomic E-state index is 13.1. The van der Waals surface area contributed by atoms with Crippen LogP contribution in [-0.4, -0.2) is 82.5 Å². The second kappa shape index (κ2) is 11.2. The molecule has 2 aromatic rings. The molecule has 0 aliphatic carbocycles. The van der Waals surface area contributed by atoms with Gasteiger partial charge >= 0.3 is 0 Å². The summed E-state index contributed by atoms with van der Waals surface area (Å²) in [4.78, 5) is 14.8. The predicted octanol–water partition coefficient (Wildman–Crippen LogP) is 1.12. The van der Waals surface area contributed by atoms with E-state index in [9.17, 15) is 18.3 Å². The standard InChI is InChI=1S/C22H33N5O5S/c1-17-12-27(18(2)15-28)22(29)10-7-11-26-13-19(23-24-26)16-32-21(17)14-25(3)33(30,31)20-8-5-4-6-9-20/h4-6,8-9,13,17-18,21,28H,7,10-12,14-16H2,1-3H3/t17-,18+,21+/m1/s1. The van der Waals surface area contributed by atoms with Crippen molar-refractivity contribution in [2.24, 2.45) is 5.92 Å². The molecule has 0 radical (unpaired) electrons. The molecule has 1 N–H and O–H groups in total. The molecule has 0 fully saturated rings. The van der Waals surface area contributed by atoms with E-state index >= 15 is 0 Å². The summed E-state index contributed by atoms with van der Waals surface area (Å²) in [5.41, 5.74) is 0.645. The first kappa shape index (κ1) is 25.3. The lowest BCUT2D eigenvalue weighted by molar-refractivity contribution is -0.136. The summed E-state index contributed by atoms with van der Waals surface area (Å²) in [5, 5.41) is 17.9. The average molecular weight is 480 g/mol. The highest BCUT2D eigenvalue weighted by Gasteiger charge is 2.31. The van der Waals surface area contributed by atoms with Crippen molar-refractivity contribution in [2.75, 3.05) is 26.7 Å². The summed E-state index contributed by atoms with van der Waals surface area (Å²) in [6, 6.07) is 7.89. The van der Waals surface area contributed by atoms with E-state index in [1.165, 1.54) is 11.4 Å². The Kier molecular flexibility index (Phi) is 8.57. The van der Waals surface area contributed by atoms with Crippen LogP contribution in [0.1, 0.15) is 32.4 Å². The van der Waals surface area contributed by atoms with Crippen molar-refractivity contribution in [3.63, 3.8) is 0 Å². The quantitative estimate of drug-likeness (QED) is 0.660. The minimum Gasteiger partial charge on any atom is -0.394 e. The Balaban J connectivity index is 1.85. The molecule has 1 aliphatic heterocycles. The molecule has 1 amide bonds. The number of amides is 1. The van der Waals surface area contributed by atoms with E-state index in [2.05, 4.69) is 10.3 Å². The van der Waals surface area contributed by atoms with Crippen LogP contribution in [-0.2, 0) is 32.7 Å². The van der Waals surface area contributed by atoms with E-state index in [1.54, 1.807) is 53.0 Å². The molecule has 3 atom stereocenters. The Morgan fingerprint density at radius 2 is 2.03 bits per heavy atom. The van der Waals surface area contributed by atoms with E-state index in [0.29, 0.717) is 31.6 Å². The molecule has 3 rings (SSSR count). The van der Waals surface area contributed by atoms with Crippen LogP contribution in [0, 0.1) is 5.92 Å². The van der Waals surface area contributed by atoms with Crippen molar-refractivity contribution in [1.29, 1.82) is 0 Å². The normalized spacial score (nSPS) is 21.8. The Morgan fingerprint density at radius 1 is 1.30 bits per heavy atom. The topological polar surface area (TPSA) is 118 Å². The SMILES string of the molecule is C[C@@H]1CN([C@@H](C)CO)C(=O)CCCn2cc(nn2)CO[C@H]1CN(C)S(=O)(=O)c1ccccc1. The number of fused-ring (bicyclic) bond motifs is 2. The van der Waals surface area contributed by atoms with Gasteiger partial charge in [0.1, 0.15) is 5.69 Å². The average Bonchev–Trinajstić information content (AvgIpc) is 3.27. The maximum Gasteiger partial charge on any atom is 0.242 e. The first-order valence-corrected chi connectivity index (χ1v) is 12.6. The molecular formula is C22H33N5O5S. The van der Waals surface area contributed by atoms with Crippen molar-refractivity contribution in [1.82, 2.24) is 24.2 Å². The summed E-state index contributed by atoms with van der Waals surface area (Å²) in [6.07, 6.45) is 2.19. The Morgan fingerprint density at radius 3 is 2.73 bits per heavy atom. The van der Waals surface area contributed by atoms with Gasteiger partial charge in [-0.1, -0.05) is 30.3 Å². The zero-order valence-corrected chi connectivity index (χ0v) is 20.2. The highest BCUT2D eigenvalue weighted by molar-refractivity contribution is 7.89. The van der Waals surface area contributed by atoms with E-state index < -0.39 is 16.1 Å². The van der Waals surface area contributed by atoms with Gasteiger partial charge in [0.2, 0.25) is 15.9 Å². The van der Waals surface area contributed by atoms with E-state index in [1.807, 2.05) is 6.92 Å². The molecule has 182 valence electrons. The lowest BCUT2D eigenvalue weighted by Crippen LogP contribution is -2.47.